The van der Waals surface area contributed by atoms with E-state index in [2.05, 4.69) is 0 Å². The van der Waals surface area contributed by atoms with Crippen molar-refractivity contribution in [3.05, 3.63) is 65.2 Å². The summed E-state index contributed by atoms with van der Waals surface area (Å²) in [6.07, 6.45) is -0.840. The lowest BCUT2D eigenvalue weighted by atomic mass is 10.1. The van der Waals surface area contributed by atoms with Crippen molar-refractivity contribution in [2.45, 2.75) is 26.9 Å². The average Bonchev–Trinajstić information content (AvgIpc) is 2.52. The summed E-state index contributed by atoms with van der Waals surface area (Å²) in [7, 11) is 0. The molecule has 0 fully saturated rings. The smallest absolute Gasteiger partial charge is 0.344 e. The number of ketones is 1. The van der Waals surface area contributed by atoms with Crippen molar-refractivity contribution in [1.82, 2.24) is 0 Å². The van der Waals surface area contributed by atoms with Gasteiger partial charge >= 0.3 is 5.97 Å². The monoisotopic (exact) mass is 312 g/mol. The van der Waals surface area contributed by atoms with Crippen LogP contribution in [0, 0.1) is 13.8 Å². The highest BCUT2D eigenvalue weighted by atomic mass is 16.6. The lowest BCUT2D eigenvalue weighted by Gasteiger charge is -2.13. The zero-order valence-electron chi connectivity index (χ0n) is 13.5. The van der Waals surface area contributed by atoms with Crippen molar-refractivity contribution in [1.29, 1.82) is 0 Å². The van der Waals surface area contributed by atoms with Crippen LogP contribution in [0.3, 0.4) is 0 Å². The Balaban J connectivity index is 1.88. The van der Waals surface area contributed by atoms with Crippen LogP contribution in [-0.4, -0.2) is 24.5 Å². The molecule has 0 aromatic heterocycles. The molecule has 1 atom stereocenters. The number of ether oxygens (including phenoxy) is 2. The van der Waals surface area contributed by atoms with Gasteiger partial charge in [0.25, 0.3) is 0 Å². The van der Waals surface area contributed by atoms with Gasteiger partial charge in [-0.05, 0) is 44.0 Å². The Morgan fingerprint density at radius 1 is 1.00 bits per heavy atom. The molecule has 0 aliphatic heterocycles. The molecule has 2 aromatic rings. The summed E-state index contributed by atoms with van der Waals surface area (Å²) in [4.78, 5) is 24.0. The number of Topliss-reactive ketones (excluding diaryl/α,β-unsaturated/α-hetero) is 1. The second kappa shape index (κ2) is 7.58. The van der Waals surface area contributed by atoms with Gasteiger partial charge in [-0.15, -0.1) is 0 Å². The Morgan fingerprint density at radius 2 is 1.61 bits per heavy atom. The van der Waals surface area contributed by atoms with E-state index in [4.69, 9.17) is 9.47 Å². The third-order valence-electron chi connectivity index (χ3n) is 3.29. The van der Waals surface area contributed by atoms with Crippen molar-refractivity contribution >= 4 is 11.8 Å². The van der Waals surface area contributed by atoms with Gasteiger partial charge in [-0.1, -0.05) is 36.4 Å². The van der Waals surface area contributed by atoms with Crippen LogP contribution in [0.25, 0.3) is 0 Å². The van der Waals surface area contributed by atoms with Crippen LogP contribution < -0.4 is 4.74 Å². The summed E-state index contributed by atoms with van der Waals surface area (Å²) < 4.78 is 10.6. The lowest BCUT2D eigenvalue weighted by Crippen LogP contribution is -2.27. The predicted octanol–water partition coefficient (Wildman–Crippen LogP) is 3.50. The van der Waals surface area contributed by atoms with Gasteiger partial charge in [-0.3, -0.25) is 4.79 Å². The Hall–Kier alpha value is -2.62. The van der Waals surface area contributed by atoms with Crippen molar-refractivity contribution in [3.8, 4) is 5.75 Å². The molecule has 0 bridgehead atoms. The Kier molecular flexibility index (Phi) is 5.52. The number of carbonyl (C=O) groups excluding carboxylic acids is 2. The van der Waals surface area contributed by atoms with E-state index in [1.54, 1.807) is 31.2 Å². The van der Waals surface area contributed by atoms with E-state index in [9.17, 15) is 9.59 Å². The number of benzene rings is 2. The summed E-state index contributed by atoms with van der Waals surface area (Å²) in [5, 5.41) is 0. The topological polar surface area (TPSA) is 52.6 Å². The van der Waals surface area contributed by atoms with Gasteiger partial charge in [0.1, 0.15) is 5.75 Å². The van der Waals surface area contributed by atoms with Gasteiger partial charge in [-0.2, -0.15) is 0 Å². The molecule has 0 amide bonds. The molecule has 0 aliphatic carbocycles. The number of carbonyl (C=O) groups is 2. The molecular weight excluding hydrogens is 292 g/mol. The van der Waals surface area contributed by atoms with Gasteiger partial charge in [0, 0.05) is 5.56 Å². The molecule has 2 aromatic carbocycles. The first-order chi connectivity index (χ1) is 11.0. The average molecular weight is 312 g/mol. The molecule has 0 saturated carbocycles. The van der Waals surface area contributed by atoms with Crippen molar-refractivity contribution < 1.29 is 19.1 Å². The Labute approximate surface area is 136 Å². The lowest BCUT2D eigenvalue weighted by molar-refractivity contribution is -0.148. The van der Waals surface area contributed by atoms with Crippen LogP contribution in [0.2, 0.25) is 0 Å². The molecule has 0 saturated heterocycles. The number of hydrogen-bond donors (Lipinski definition) is 0. The van der Waals surface area contributed by atoms with Crippen molar-refractivity contribution in [2.75, 3.05) is 6.61 Å². The van der Waals surface area contributed by atoms with Gasteiger partial charge in [0.2, 0.25) is 5.78 Å². The van der Waals surface area contributed by atoms with Crippen LogP contribution in [0.15, 0.2) is 48.5 Å². The Morgan fingerprint density at radius 3 is 2.22 bits per heavy atom. The van der Waals surface area contributed by atoms with E-state index in [-0.39, 0.29) is 12.4 Å². The van der Waals surface area contributed by atoms with E-state index < -0.39 is 12.1 Å². The van der Waals surface area contributed by atoms with E-state index in [1.165, 1.54) is 0 Å². The van der Waals surface area contributed by atoms with Crippen LogP contribution >= 0.6 is 0 Å². The molecule has 1 unspecified atom stereocenters. The zero-order valence-corrected chi connectivity index (χ0v) is 13.5. The van der Waals surface area contributed by atoms with Crippen LogP contribution in [0.5, 0.6) is 5.75 Å². The minimum absolute atomic E-state index is 0.227. The zero-order chi connectivity index (χ0) is 16.8. The summed E-state index contributed by atoms with van der Waals surface area (Å²) in [6, 6.07) is 14.5. The van der Waals surface area contributed by atoms with Crippen molar-refractivity contribution in [2.24, 2.45) is 0 Å². The first-order valence-corrected chi connectivity index (χ1v) is 7.45. The van der Waals surface area contributed by atoms with Crippen LogP contribution in [0.4, 0.5) is 0 Å². The third kappa shape index (κ3) is 4.95. The molecule has 0 radical (unpaired) electrons. The normalized spacial score (nSPS) is 11.6. The maximum atomic E-state index is 12.1. The maximum absolute atomic E-state index is 12.1. The number of rotatable bonds is 6. The summed E-state index contributed by atoms with van der Waals surface area (Å²) >= 11 is 0. The Bertz CT molecular complexity index is 672. The number of hydrogen-bond acceptors (Lipinski definition) is 4. The van der Waals surface area contributed by atoms with E-state index in [0.29, 0.717) is 11.3 Å². The molecule has 4 heteroatoms. The minimum atomic E-state index is -0.840. The molecule has 2 rings (SSSR count). The highest BCUT2D eigenvalue weighted by Gasteiger charge is 2.19. The highest BCUT2D eigenvalue weighted by Crippen LogP contribution is 2.16. The summed E-state index contributed by atoms with van der Waals surface area (Å²) in [5.41, 5.74) is 2.63. The fraction of sp³-hybridized carbons (Fsp3) is 0.263. The summed E-state index contributed by atoms with van der Waals surface area (Å²) in [6.45, 7) is 5.25. The quantitative estimate of drug-likeness (QED) is 0.605. The van der Waals surface area contributed by atoms with Gasteiger partial charge in [0.15, 0.2) is 12.7 Å². The molecule has 0 aliphatic rings. The predicted molar refractivity (Wildman–Crippen MR) is 87.7 cm³/mol. The molecular formula is C19H20O4. The van der Waals surface area contributed by atoms with E-state index in [1.807, 2.05) is 38.1 Å². The second-order valence-corrected chi connectivity index (χ2v) is 5.47. The molecule has 0 heterocycles. The van der Waals surface area contributed by atoms with Gasteiger partial charge in [-0.25, -0.2) is 4.79 Å². The third-order valence-corrected chi connectivity index (χ3v) is 3.29. The molecule has 4 nitrogen and oxygen atoms in total. The van der Waals surface area contributed by atoms with Gasteiger partial charge < -0.3 is 9.47 Å². The number of esters is 1. The fourth-order valence-corrected chi connectivity index (χ4v) is 2.28. The SMILES string of the molecule is Cc1cc(C)cc(OCC(=O)OC(C)C(=O)c2ccccc2)c1. The first-order valence-electron chi connectivity index (χ1n) is 7.45. The fourth-order valence-electron chi connectivity index (χ4n) is 2.28. The van der Waals surface area contributed by atoms with Crippen LogP contribution in [-0.2, 0) is 9.53 Å². The standard InChI is InChI=1S/C19H20O4/c1-13-9-14(2)11-17(10-13)22-12-18(20)23-15(3)19(21)16-7-5-4-6-8-16/h4-11,15H,12H2,1-3H3. The minimum Gasteiger partial charge on any atom is -0.482 e. The van der Waals surface area contributed by atoms with Gasteiger partial charge in [0.05, 0.1) is 0 Å². The van der Waals surface area contributed by atoms with E-state index >= 15 is 0 Å². The van der Waals surface area contributed by atoms with E-state index in [0.717, 1.165) is 11.1 Å². The molecule has 23 heavy (non-hydrogen) atoms. The number of aryl methyl sites for hydroxylation is 2. The maximum Gasteiger partial charge on any atom is 0.344 e. The first kappa shape index (κ1) is 16.7. The summed E-state index contributed by atoms with van der Waals surface area (Å²) in [5.74, 6) is -0.187. The molecule has 0 spiro atoms. The van der Waals surface area contributed by atoms with Crippen LogP contribution in [0.1, 0.15) is 28.4 Å². The molecule has 0 N–H and O–H groups in total. The van der Waals surface area contributed by atoms with Crippen molar-refractivity contribution in [3.63, 3.8) is 0 Å². The second-order valence-electron chi connectivity index (χ2n) is 5.47. The largest absolute Gasteiger partial charge is 0.482 e. The molecule has 120 valence electrons. The highest BCUT2D eigenvalue weighted by molar-refractivity contribution is 6.00.